The van der Waals surface area contributed by atoms with Gasteiger partial charge < -0.3 is 29.7 Å². The summed E-state index contributed by atoms with van der Waals surface area (Å²) in [5, 5.41) is 28.0. The van der Waals surface area contributed by atoms with Crippen molar-refractivity contribution in [3.63, 3.8) is 0 Å². The lowest BCUT2D eigenvalue weighted by molar-refractivity contribution is 0.0947. The maximum Gasteiger partial charge on any atom is 0.274 e. The molecule has 2 aromatic carbocycles. The number of nitrogens with zero attached hydrogens (tertiary/aromatic N) is 2. The number of rotatable bonds is 7. The molecule has 0 aliphatic carbocycles. The van der Waals surface area contributed by atoms with Crippen LogP contribution in [0.3, 0.4) is 0 Å². The van der Waals surface area contributed by atoms with Crippen LogP contribution in [-0.4, -0.2) is 54.1 Å². The molecule has 0 unspecified atom stereocenters. The van der Waals surface area contributed by atoms with Crippen molar-refractivity contribution < 1.29 is 24.3 Å². The number of anilines is 1. The van der Waals surface area contributed by atoms with Crippen LogP contribution < -0.4 is 10.2 Å². The van der Waals surface area contributed by atoms with Crippen LogP contribution in [0.2, 0.25) is 0 Å². The smallest absolute Gasteiger partial charge is 0.274 e. The monoisotopic (exact) mass is 479 g/mol. The number of carbonyl (C=O) groups is 1. The van der Waals surface area contributed by atoms with Crippen molar-refractivity contribution in [3.8, 4) is 33.9 Å². The third-order valence-corrected chi connectivity index (χ3v) is 6.37. The third-order valence-electron chi connectivity index (χ3n) is 6.37. The molecular weight excluding hydrogens is 446 g/mol. The van der Waals surface area contributed by atoms with E-state index in [4.69, 9.17) is 9.26 Å². The molecule has 1 aromatic heterocycles. The lowest BCUT2D eigenvalue weighted by Gasteiger charge is -2.29. The van der Waals surface area contributed by atoms with Gasteiger partial charge in [-0.2, -0.15) is 0 Å². The summed E-state index contributed by atoms with van der Waals surface area (Å²) < 4.78 is 11.2. The molecule has 0 saturated carbocycles. The van der Waals surface area contributed by atoms with Crippen LogP contribution in [0.5, 0.6) is 11.5 Å². The minimum Gasteiger partial charge on any atom is -0.508 e. The molecule has 1 aliphatic rings. The summed E-state index contributed by atoms with van der Waals surface area (Å²) in [5.41, 5.74) is 4.68. The highest BCUT2D eigenvalue weighted by Gasteiger charge is 2.28. The zero-order valence-electron chi connectivity index (χ0n) is 20.7. The molecule has 3 N–H and O–H groups in total. The van der Waals surface area contributed by atoms with Crippen LogP contribution in [0.1, 0.15) is 55.2 Å². The average molecular weight is 480 g/mol. The highest BCUT2D eigenvalue weighted by molar-refractivity contribution is 6.03. The third kappa shape index (κ3) is 4.84. The van der Waals surface area contributed by atoms with E-state index in [1.54, 1.807) is 6.07 Å². The Kier molecular flexibility index (Phi) is 7.31. The highest BCUT2D eigenvalue weighted by atomic mass is 16.5. The quantitative estimate of drug-likeness (QED) is 0.451. The molecule has 8 nitrogen and oxygen atoms in total. The molecule has 4 rings (SSSR count). The predicted molar refractivity (Wildman–Crippen MR) is 135 cm³/mol. The number of nitrogens with one attached hydrogen (secondary N) is 1. The maximum atomic E-state index is 13.0. The summed E-state index contributed by atoms with van der Waals surface area (Å²) in [6.07, 6.45) is 0.728. The molecule has 1 aliphatic heterocycles. The first-order valence-electron chi connectivity index (χ1n) is 12.2. The Labute approximate surface area is 205 Å². The average Bonchev–Trinajstić information content (AvgIpc) is 3.29. The summed E-state index contributed by atoms with van der Waals surface area (Å²) in [6, 6.07) is 9.17. The molecule has 3 aromatic rings. The number of hydrogen-bond donors (Lipinski definition) is 3. The number of phenols is 2. The lowest BCUT2D eigenvalue weighted by atomic mass is 9.91. The van der Waals surface area contributed by atoms with E-state index in [2.05, 4.69) is 28.4 Å². The zero-order chi connectivity index (χ0) is 25.1. The van der Waals surface area contributed by atoms with Gasteiger partial charge in [-0.15, -0.1) is 0 Å². The number of hydrogen-bond acceptors (Lipinski definition) is 7. The molecule has 35 heavy (non-hydrogen) atoms. The number of morpholine rings is 1. The number of benzene rings is 2. The largest absolute Gasteiger partial charge is 0.508 e. The Morgan fingerprint density at radius 2 is 1.83 bits per heavy atom. The normalized spacial score (nSPS) is 13.9. The maximum absolute atomic E-state index is 13.0. The van der Waals surface area contributed by atoms with Gasteiger partial charge in [0.25, 0.3) is 5.91 Å². The van der Waals surface area contributed by atoms with Gasteiger partial charge in [0.05, 0.1) is 24.3 Å². The second-order valence-corrected chi connectivity index (χ2v) is 8.97. The summed E-state index contributed by atoms with van der Waals surface area (Å²) in [4.78, 5) is 15.2. The molecule has 0 atom stereocenters. The van der Waals surface area contributed by atoms with E-state index in [0.717, 1.165) is 36.3 Å². The molecule has 186 valence electrons. The Morgan fingerprint density at radius 1 is 1.09 bits per heavy atom. The number of amides is 1. The number of aromatic nitrogens is 1. The second kappa shape index (κ2) is 10.4. The van der Waals surface area contributed by atoms with Crippen molar-refractivity contribution in [3.05, 3.63) is 47.2 Å². The van der Waals surface area contributed by atoms with Crippen LogP contribution in [-0.2, 0) is 11.2 Å². The van der Waals surface area contributed by atoms with Gasteiger partial charge in [-0.3, -0.25) is 4.79 Å². The standard InChI is InChI=1S/C27H33N3O5/c1-5-17-13-18(30-9-11-34-12-10-30)7-8-19(17)24-25(27(33)28-6-2)29-35-26(24)21-14-20(16(3)4)22(31)15-23(21)32/h7-8,13-16,31-32H,5-6,9-12H2,1-4H3,(H,28,33). The molecule has 0 bridgehead atoms. The zero-order valence-corrected chi connectivity index (χ0v) is 20.7. The van der Waals surface area contributed by atoms with Gasteiger partial charge in [0.1, 0.15) is 11.5 Å². The van der Waals surface area contributed by atoms with Gasteiger partial charge in [0.15, 0.2) is 11.5 Å². The van der Waals surface area contributed by atoms with Crippen molar-refractivity contribution in [2.75, 3.05) is 37.7 Å². The van der Waals surface area contributed by atoms with Crippen LogP contribution in [0, 0.1) is 0 Å². The first-order valence-corrected chi connectivity index (χ1v) is 12.2. The van der Waals surface area contributed by atoms with Crippen LogP contribution in [0.4, 0.5) is 5.69 Å². The fourth-order valence-electron chi connectivity index (χ4n) is 4.50. The summed E-state index contributed by atoms with van der Waals surface area (Å²) in [6.45, 7) is 11.3. The Balaban J connectivity index is 1.91. The fourth-order valence-corrected chi connectivity index (χ4v) is 4.50. The van der Waals surface area contributed by atoms with Crippen LogP contribution in [0.15, 0.2) is 34.9 Å². The first-order chi connectivity index (χ1) is 16.8. The summed E-state index contributed by atoms with van der Waals surface area (Å²) in [5.74, 6) is -0.175. The number of ether oxygens (including phenoxy) is 1. The molecule has 1 saturated heterocycles. The predicted octanol–water partition coefficient (Wildman–Crippen LogP) is 4.69. The van der Waals surface area contributed by atoms with E-state index in [0.29, 0.717) is 42.2 Å². The summed E-state index contributed by atoms with van der Waals surface area (Å²) >= 11 is 0. The molecule has 0 spiro atoms. The number of carbonyl (C=O) groups excluding carboxylic acids is 1. The molecule has 1 amide bonds. The fraction of sp³-hybridized carbons (Fsp3) is 0.407. The van der Waals surface area contributed by atoms with Gasteiger partial charge in [-0.05, 0) is 54.2 Å². The van der Waals surface area contributed by atoms with E-state index >= 15 is 0 Å². The van der Waals surface area contributed by atoms with E-state index < -0.39 is 0 Å². The number of aromatic hydroxyl groups is 2. The van der Waals surface area contributed by atoms with Gasteiger partial charge >= 0.3 is 0 Å². The molecule has 2 heterocycles. The second-order valence-electron chi connectivity index (χ2n) is 8.97. The van der Waals surface area contributed by atoms with Crippen molar-refractivity contribution in [2.45, 2.75) is 40.0 Å². The van der Waals surface area contributed by atoms with Gasteiger partial charge in [0, 0.05) is 31.4 Å². The van der Waals surface area contributed by atoms with Crippen LogP contribution in [0.25, 0.3) is 22.5 Å². The van der Waals surface area contributed by atoms with Gasteiger partial charge in [0.2, 0.25) is 0 Å². The highest BCUT2D eigenvalue weighted by Crippen LogP contribution is 2.44. The van der Waals surface area contributed by atoms with Crippen molar-refractivity contribution >= 4 is 11.6 Å². The minimum atomic E-state index is -0.348. The minimum absolute atomic E-state index is 0.00961. The van der Waals surface area contributed by atoms with Gasteiger partial charge in [-0.1, -0.05) is 32.0 Å². The van der Waals surface area contributed by atoms with E-state index in [1.807, 2.05) is 32.9 Å². The Bertz CT molecular complexity index is 1210. The lowest BCUT2D eigenvalue weighted by Crippen LogP contribution is -2.36. The Hall–Kier alpha value is -3.52. The topological polar surface area (TPSA) is 108 Å². The van der Waals surface area contributed by atoms with Gasteiger partial charge in [-0.25, -0.2) is 0 Å². The summed E-state index contributed by atoms with van der Waals surface area (Å²) in [7, 11) is 0. The first kappa shape index (κ1) is 24.6. The van der Waals surface area contributed by atoms with E-state index in [1.165, 1.54) is 6.07 Å². The van der Waals surface area contributed by atoms with Crippen molar-refractivity contribution in [1.29, 1.82) is 0 Å². The molecule has 0 radical (unpaired) electrons. The van der Waals surface area contributed by atoms with Crippen molar-refractivity contribution in [2.24, 2.45) is 0 Å². The van der Waals surface area contributed by atoms with E-state index in [9.17, 15) is 15.0 Å². The molecule has 1 fully saturated rings. The number of aryl methyl sites for hydroxylation is 1. The van der Waals surface area contributed by atoms with Crippen LogP contribution >= 0.6 is 0 Å². The van der Waals surface area contributed by atoms with E-state index in [-0.39, 0.29) is 29.0 Å². The SMILES string of the molecule is CCNC(=O)c1noc(-c2cc(C(C)C)c(O)cc2O)c1-c1ccc(N2CCOCC2)cc1CC. The molecule has 8 heteroatoms. The number of phenolic OH excluding ortho intramolecular Hbond substituents is 2. The van der Waals surface area contributed by atoms with Crippen molar-refractivity contribution in [1.82, 2.24) is 10.5 Å². The Morgan fingerprint density at radius 3 is 2.49 bits per heavy atom. The molecular formula is C27H33N3O5.